The molecule has 0 radical (unpaired) electrons. The van der Waals surface area contributed by atoms with Crippen LogP contribution in [0.1, 0.15) is 10.7 Å². The third kappa shape index (κ3) is 1.66. The second kappa shape index (κ2) is 3.85. The van der Waals surface area contributed by atoms with Gasteiger partial charge in [0, 0.05) is 12.1 Å². The van der Waals surface area contributed by atoms with Gasteiger partial charge in [0.25, 0.3) is 0 Å². The Hall–Kier alpha value is -1.27. The van der Waals surface area contributed by atoms with E-state index < -0.39 is 0 Å². The van der Waals surface area contributed by atoms with E-state index in [-0.39, 0.29) is 0 Å². The van der Waals surface area contributed by atoms with Gasteiger partial charge in [-0.05, 0) is 13.5 Å². The van der Waals surface area contributed by atoms with Gasteiger partial charge in [0.15, 0.2) is 5.01 Å². The van der Waals surface area contributed by atoms with Crippen LogP contribution < -0.4 is 5.73 Å². The molecule has 6 heteroatoms. The van der Waals surface area contributed by atoms with Gasteiger partial charge in [-0.15, -0.1) is 10.2 Å². The van der Waals surface area contributed by atoms with Crippen molar-refractivity contribution in [1.29, 1.82) is 0 Å². The zero-order valence-electron chi connectivity index (χ0n) is 7.82. The van der Waals surface area contributed by atoms with E-state index in [9.17, 15) is 0 Å². The van der Waals surface area contributed by atoms with Crippen LogP contribution in [0, 0.1) is 6.92 Å². The van der Waals surface area contributed by atoms with E-state index in [1.54, 1.807) is 17.5 Å². The normalized spacial score (nSPS) is 10.7. The van der Waals surface area contributed by atoms with Crippen molar-refractivity contribution in [2.75, 3.05) is 6.54 Å². The molecule has 0 aromatic carbocycles. The van der Waals surface area contributed by atoms with Crippen LogP contribution in [0.15, 0.2) is 6.20 Å². The first kappa shape index (κ1) is 9.29. The Kier molecular flexibility index (Phi) is 2.55. The Labute approximate surface area is 85.4 Å². The number of aromatic amines is 1. The number of nitrogens with one attached hydrogen (secondary N) is 1. The molecule has 2 aromatic heterocycles. The summed E-state index contributed by atoms with van der Waals surface area (Å²) in [6.45, 7) is 2.57. The summed E-state index contributed by atoms with van der Waals surface area (Å²) in [5, 5.41) is 16.8. The highest BCUT2D eigenvalue weighted by Gasteiger charge is 2.09. The molecule has 0 saturated heterocycles. The maximum absolute atomic E-state index is 5.44. The van der Waals surface area contributed by atoms with Gasteiger partial charge in [-0.25, -0.2) is 0 Å². The lowest BCUT2D eigenvalue weighted by Gasteiger charge is -1.89. The standard InChI is InChI=1S/C8H11N5S/c1-5-6(4-10-11-5)8-13-12-7(14-8)2-3-9/h4H,2-3,9H2,1H3,(H,10,11). The van der Waals surface area contributed by atoms with Gasteiger partial charge in [-0.1, -0.05) is 11.3 Å². The Balaban J connectivity index is 2.29. The van der Waals surface area contributed by atoms with Crippen molar-refractivity contribution in [2.45, 2.75) is 13.3 Å². The first-order chi connectivity index (χ1) is 6.81. The van der Waals surface area contributed by atoms with Gasteiger partial charge >= 0.3 is 0 Å². The van der Waals surface area contributed by atoms with Crippen molar-refractivity contribution in [2.24, 2.45) is 5.73 Å². The van der Waals surface area contributed by atoms with Crippen LogP contribution >= 0.6 is 11.3 Å². The number of hydrogen-bond acceptors (Lipinski definition) is 5. The average Bonchev–Trinajstić information content (AvgIpc) is 2.74. The van der Waals surface area contributed by atoms with Crippen molar-refractivity contribution >= 4 is 11.3 Å². The Bertz CT molecular complexity index is 419. The van der Waals surface area contributed by atoms with Crippen LogP contribution in [0.2, 0.25) is 0 Å². The Morgan fingerprint density at radius 3 is 3.00 bits per heavy atom. The van der Waals surface area contributed by atoms with E-state index in [1.165, 1.54) is 0 Å². The van der Waals surface area contributed by atoms with Crippen molar-refractivity contribution in [3.05, 3.63) is 16.9 Å². The molecular formula is C8H11N5S. The average molecular weight is 209 g/mol. The lowest BCUT2D eigenvalue weighted by atomic mass is 10.3. The molecule has 0 bridgehead atoms. The summed E-state index contributed by atoms with van der Waals surface area (Å²) < 4.78 is 0. The molecule has 0 saturated carbocycles. The minimum atomic E-state index is 0.610. The molecule has 0 spiro atoms. The molecule has 74 valence electrons. The first-order valence-electron chi connectivity index (χ1n) is 4.34. The maximum Gasteiger partial charge on any atom is 0.151 e. The molecule has 14 heavy (non-hydrogen) atoms. The van der Waals surface area contributed by atoms with E-state index in [2.05, 4.69) is 20.4 Å². The van der Waals surface area contributed by atoms with Crippen LogP contribution in [0.25, 0.3) is 10.6 Å². The Morgan fingerprint density at radius 2 is 2.36 bits per heavy atom. The largest absolute Gasteiger partial charge is 0.330 e. The third-order valence-corrected chi connectivity index (χ3v) is 2.90. The minimum Gasteiger partial charge on any atom is -0.330 e. The third-order valence-electron chi connectivity index (χ3n) is 1.89. The van der Waals surface area contributed by atoms with Crippen LogP contribution in [0.5, 0.6) is 0 Å². The summed E-state index contributed by atoms with van der Waals surface area (Å²) in [6, 6.07) is 0. The van der Waals surface area contributed by atoms with Crippen molar-refractivity contribution in [3.8, 4) is 10.6 Å². The number of hydrogen-bond donors (Lipinski definition) is 2. The predicted octanol–water partition coefficient (Wildman–Crippen LogP) is 0.738. The molecule has 0 fully saturated rings. The van der Waals surface area contributed by atoms with Gasteiger partial charge < -0.3 is 5.73 Å². The second-order valence-electron chi connectivity index (χ2n) is 2.95. The van der Waals surface area contributed by atoms with Gasteiger partial charge in [0.05, 0.1) is 11.8 Å². The fraction of sp³-hybridized carbons (Fsp3) is 0.375. The molecule has 0 unspecified atom stereocenters. The number of nitrogens with two attached hydrogens (primary N) is 1. The van der Waals surface area contributed by atoms with Crippen molar-refractivity contribution in [1.82, 2.24) is 20.4 Å². The van der Waals surface area contributed by atoms with Crippen molar-refractivity contribution < 1.29 is 0 Å². The molecule has 0 aliphatic rings. The van der Waals surface area contributed by atoms with Gasteiger partial charge in [0.2, 0.25) is 0 Å². The summed E-state index contributed by atoms with van der Waals surface area (Å²) in [5.74, 6) is 0. The second-order valence-corrected chi connectivity index (χ2v) is 4.01. The predicted molar refractivity (Wildman–Crippen MR) is 55.0 cm³/mol. The lowest BCUT2D eigenvalue weighted by Crippen LogP contribution is -2.01. The van der Waals surface area contributed by atoms with Gasteiger partial charge in [-0.2, -0.15) is 5.10 Å². The molecule has 5 nitrogen and oxygen atoms in total. The van der Waals surface area contributed by atoms with E-state index in [1.807, 2.05) is 6.92 Å². The summed E-state index contributed by atoms with van der Waals surface area (Å²) in [5.41, 5.74) is 7.47. The lowest BCUT2D eigenvalue weighted by molar-refractivity contribution is 0.913. The molecule has 0 aliphatic carbocycles. The van der Waals surface area contributed by atoms with E-state index >= 15 is 0 Å². The van der Waals surface area contributed by atoms with Gasteiger partial charge in [-0.3, -0.25) is 5.10 Å². The van der Waals surface area contributed by atoms with Crippen LogP contribution in [0.4, 0.5) is 0 Å². The van der Waals surface area contributed by atoms with E-state index in [0.717, 1.165) is 27.7 Å². The smallest absolute Gasteiger partial charge is 0.151 e. The molecule has 0 aliphatic heterocycles. The summed E-state index contributed by atoms with van der Waals surface area (Å²) >= 11 is 1.57. The van der Waals surface area contributed by atoms with E-state index in [0.29, 0.717) is 6.54 Å². The number of nitrogens with zero attached hydrogens (tertiary/aromatic N) is 3. The highest BCUT2D eigenvalue weighted by molar-refractivity contribution is 7.14. The molecule has 2 aromatic rings. The molecule has 0 atom stereocenters. The molecule has 3 N–H and O–H groups in total. The molecule has 2 heterocycles. The van der Waals surface area contributed by atoms with E-state index in [4.69, 9.17) is 5.73 Å². The Morgan fingerprint density at radius 1 is 1.50 bits per heavy atom. The monoisotopic (exact) mass is 209 g/mol. The molecule has 0 amide bonds. The summed E-state index contributed by atoms with van der Waals surface area (Å²) in [6.07, 6.45) is 2.55. The van der Waals surface area contributed by atoms with Crippen LogP contribution in [-0.4, -0.2) is 26.9 Å². The minimum absolute atomic E-state index is 0.610. The number of aryl methyl sites for hydroxylation is 1. The highest BCUT2D eigenvalue weighted by Crippen LogP contribution is 2.24. The fourth-order valence-corrected chi connectivity index (χ4v) is 2.08. The zero-order valence-corrected chi connectivity index (χ0v) is 8.64. The molecular weight excluding hydrogens is 198 g/mol. The highest BCUT2D eigenvalue weighted by atomic mass is 32.1. The topological polar surface area (TPSA) is 80.5 Å². The van der Waals surface area contributed by atoms with Crippen LogP contribution in [-0.2, 0) is 6.42 Å². The fourth-order valence-electron chi connectivity index (χ4n) is 1.15. The summed E-state index contributed by atoms with van der Waals surface area (Å²) in [7, 11) is 0. The first-order valence-corrected chi connectivity index (χ1v) is 5.15. The maximum atomic E-state index is 5.44. The van der Waals surface area contributed by atoms with Crippen molar-refractivity contribution in [3.63, 3.8) is 0 Å². The summed E-state index contributed by atoms with van der Waals surface area (Å²) in [4.78, 5) is 0. The number of H-pyrrole nitrogens is 1. The number of rotatable bonds is 3. The number of aromatic nitrogens is 4. The quantitative estimate of drug-likeness (QED) is 0.781. The molecule has 2 rings (SSSR count). The van der Waals surface area contributed by atoms with Gasteiger partial charge in [0.1, 0.15) is 5.01 Å². The zero-order chi connectivity index (χ0) is 9.97. The van der Waals surface area contributed by atoms with Crippen LogP contribution in [0.3, 0.4) is 0 Å². The SMILES string of the molecule is Cc1[nH]ncc1-c1nnc(CCN)s1.